The van der Waals surface area contributed by atoms with Gasteiger partial charge >= 0.3 is 6.41 Å². The van der Waals surface area contributed by atoms with E-state index in [2.05, 4.69) is 14.8 Å². The van der Waals surface area contributed by atoms with Gasteiger partial charge in [-0.3, -0.25) is 10.1 Å². The van der Waals surface area contributed by atoms with Crippen molar-refractivity contribution in [3.05, 3.63) is 0 Å². The predicted octanol–water partition coefficient (Wildman–Crippen LogP) is -0.780. The van der Waals surface area contributed by atoms with Gasteiger partial charge in [-0.25, -0.2) is 0 Å². The van der Waals surface area contributed by atoms with Crippen molar-refractivity contribution < 1.29 is 14.3 Å². The van der Waals surface area contributed by atoms with Crippen LogP contribution in [0, 0.1) is 0 Å². The number of amides is 1. The van der Waals surface area contributed by atoms with Crippen molar-refractivity contribution >= 4 is 6.41 Å². The van der Waals surface area contributed by atoms with E-state index in [-0.39, 0.29) is 0 Å². The zero-order chi connectivity index (χ0) is 6.41. The summed E-state index contributed by atoms with van der Waals surface area (Å²) in [6, 6.07) is 0. The molecule has 0 saturated carbocycles. The van der Waals surface area contributed by atoms with Crippen LogP contribution in [0.4, 0.5) is 0 Å². The lowest BCUT2D eigenvalue weighted by Gasteiger charge is -2.09. The van der Waals surface area contributed by atoms with Crippen molar-refractivity contribution in [2.75, 3.05) is 14.2 Å². The van der Waals surface area contributed by atoms with E-state index in [1.54, 1.807) is 0 Å². The number of hydrogen-bond acceptors (Lipinski definition) is 3. The third-order valence-electron chi connectivity index (χ3n) is 0.605. The van der Waals surface area contributed by atoms with Gasteiger partial charge in [0.25, 0.3) is 0 Å². The molecule has 1 amide bonds. The average Bonchev–Trinajstić information content (AvgIpc) is 1.83. The SMILES string of the molecule is COC(N[C]=O)OC. The highest BCUT2D eigenvalue weighted by molar-refractivity contribution is 5.46. The third-order valence-corrected chi connectivity index (χ3v) is 0.605. The number of rotatable bonds is 4. The van der Waals surface area contributed by atoms with Crippen molar-refractivity contribution in [3.63, 3.8) is 0 Å². The zero-order valence-corrected chi connectivity index (χ0v) is 4.80. The van der Waals surface area contributed by atoms with Gasteiger partial charge in [0.05, 0.1) is 0 Å². The summed E-state index contributed by atoms with van der Waals surface area (Å²) >= 11 is 0. The zero-order valence-electron chi connectivity index (χ0n) is 4.80. The highest BCUT2D eigenvalue weighted by Crippen LogP contribution is 1.79. The average molecular weight is 118 g/mol. The van der Waals surface area contributed by atoms with E-state index in [9.17, 15) is 4.79 Å². The van der Waals surface area contributed by atoms with Crippen molar-refractivity contribution in [1.82, 2.24) is 5.32 Å². The Morgan fingerprint density at radius 2 is 2.00 bits per heavy atom. The van der Waals surface area contributed by atoms with Gasteiger partial charge in [-0.05, 0) is 0 Å². The van der Waals surface area contributed by atoms with Crippen LogP contribution in [0.1, 0.15) is 0 Å². The molecular formula is C4H8NO3. The second-order valence-electron chi connectivity index (χ2n) is 1.05. The summed E-state index contributed by atoms with van der Waals surface area (Å²) in [4.78, 5) is 9.54. The van der Waals surface area contributed by atoms with Gasteiger partial charge in [0.1, 0.15) is 0 Å². The first-order chi connectivity index (χ1) is 3.85. The largest absolute Gasteiger partial charge is 0.339 e. The van der Waals surface area contributed by atoms with Gasteiger partial charge < -0.3 is 9.47 Å². The van der Waals surface area contributed by atoms with Crippen molar-refractivity contribution in [2.45, 2.75) is 6.41 Å². The van der Waals surface area contributed by atoms with Crippen LogP contribution < -0.4 is 5.32 Å². The monoisotopic (exact) mass is 118 g/mol. The molecule has 47 valence electrons. The van der Waals surface area contributed by atoms with Crippen LogP contribution in [0.2, 0.25) is 0 Å². The summed E-state index contributed by atoms with van der Waals surface area (Å²) in [6.45, 7) is 0. The van der Waals surface area contributed by atoms with Gasteiger partial charge in [-0.2, -0.15) is 0 Å². The second-order valence-corrected chi connectivity index (χ2v) is 1.05. The maximum absolute atomic E-state index is 9.54. The molecule has 1 N–H and O–H groups in total. The highest BCUT2D eigenvalue weighted by Gasteiger charge is 1.98. The summed E-state index contributed by atoms with van der Waals surface area (Å²) in [6.07, 6.45) is 0.746. The molecule has 1 radical (unpaired) electrons. The van der Waals surface area contributed by atoms with Gasteiger partial charge in [-0.1, -0.05) is 0 Å². The number of carbonyl (C=O) groups excluding carboxylic acids is 1. The molecule has 0 aromatic heterocycles. The minimum Gasteiger partial charge on any atom is -0.339 e. The van der Waals surface area contributed by atoms with E-state index >= 15 is 0 Å². The molecule has 0 rings (SSSR count). The van der Waals surface area contributed by atoms with Gasteiger partial charge in [0.2, 0.25) is 6.41 Å². The lowest BCUT2D eigenvalue weighted by atomic mass is 11.0. The highest BCUT2D eigenvalue weighted by atomic mass is 16.7. The smallest absolute Gasteiger partial charge is 0.313 e. The molecule has 0 aliphatic heterocycles. The van der Waals surface area contributed by atoms with E-state index in [0.29, 0.717) is 0 Å². The fourth-order valence-corrected chi connectivity index (χ4v) is 0.262. The van der Waals surface area contributed by atoms with Crippen LogP contribution in [-0.4, -0.2) is 27.0 Å². The number of nitrogens with one attached hydrogen (secondary N) is 1. The topological polar surface area (TPSA) is 47.6 Å². The summed E-state index contributed by atoms with van der Waals surface area (Å²) in [5.41, 5.74) is 0. The van der Waals surface area contributed by atoms with E-state index < -0.39 is 6.41 Å². The van der Waals surface area contributed by atoms with Crippen molar-refractivity contribution in [2.24, 2.45) is 0 Å². The fraction of sp³-hybridized carbons (Fsp3) is 0.750. The Labute approximate surface area is 47.8 Å². The summed E-state index contributed by atoms with van der Waals surface area (Å²) in [5.74, 6) is 0. The number of methoxy groups -OCH3 is 2. The Balaban J connectivity index is 3.20. The lowest BCUT2D eigenvalue weighted by molar-refractivity contribution is -0.111. The third kappa shape index (κ3) is 2.54. The van der Waals surface area contributed by atoms with Gasteiger partial charge in [-0.15, -0.1) is 0 Å². The lowest BCUT2D eigenvalue weighted by Crippen LogP contribution is -2.30. The molecular weight excluding hydrogens is 110 g/mol. The molecule has 0 spiro atoms. The molecule has 4 nitrogen and oxygen atoms in total. The quantitative estimate of drug-likeness (QED) is 0.389. The van der Waals surface area contributed by atoms with E-state index in [1.807, 2.05) is 0 Å². The molecule has 0 saturated heterocycles. The Hall–Kier alpha value is -0.610. The molecule has 0 unspecified atom stereocenters. The fourth-order valence-electron chi connectivity index (χ4n) is 0.262. The molecule has 0 fully saturated rings. The maximum atomic E-state index is 9.54. The van der Waals surface area contributed by atoms with Crippen LogP contribution in [0.3, 0.4) is 0 Å². The summed E-state index contributed by atoms with van der Waals surface area (Å²) in [7, 11) is 2.83. The Morgan fingerprint density at radius 1 is 1.50 bits per heavy atom. The molecule has 0 aliphatic carbocycles. The first-order valence-corrected chi connectivity index (χ1v) is 2.03. The van der Waals surface area contributed by atoms with E-state index in [0.717, 1.165) is 0 Å². The summed E-state index contributed by atoms with van der Waals surface area (Å²) in [5, 5.41) is 2.13. The number of hydrogen-bond donors (Lipinski definition) is 1. The van der Waals surface area contributed by atoms with Crippen LogP contribution in [0.15, 0.2) is 0 Å². The van der Waals surface area contributed by atoms with Crippen molar-refractivity contribution in [3.8, 4) is 0 Å². The standard InChI is InChI=1S/C4H8NO3/c1-7-4(8-2)5-3-6/h4H,1-2H3,(H,5,6). The predicted molar refractivity (Wildman–Crippen MR) is 26.6 cm³/mol. The van der Waals surface area contributed by atoms with Gasteiger partial charge in [0, 0.05) is 14.2 Å². The van der Waals surface area contributed by atoms with Crippen LogP contribution >= 0.6 is 0 Å². The van der Waals surface area contributed by atoms with E-state index in [4.69, 9.17) is 0 Å². The number of ether oxygens (including phenoxy) is 2. The molecule has 0 aromatic rings. The van der Waals surface area contributed by atoms with Crippen molar-refractivity contribution in [1.29, 1.82) is 0 Å². The minimum atomic E-state index is -0.674. The molecule has 8 heavy (non-hydrogen) atoms. The normalized spacial score (nSPS) is 9.38. The molecule has 0 bridgehead atoms. The second kappa shape index (κ2) is 4.55. The van der Waals surface area contributed by atoms with Crippen LogP contribution in [0.25, 0.3) is 0 Å². The minimum absolute atomic E-state index is 0.674. The molecule has 0 aliphatic rings. The van der Waals surface area contributed by atoms with Gasteiger partial charge in [0.15, 0.2) is 0 Å². The molecule has 0 atom stereocenters. The molecule has 0 heterocycles. The molecule has 0 aromatic carbocycles. The first kappa shape index (κ1) is 7.39. The molecule has 4 heteroatoms. The Morgan fingerprint density at radius 3 is 2.12 bits per heavy atom. The Kier molecular flexibility index (Phi) is 4.20. The first-order valence-electron chi connectivity index (χ1n) is 2.03. The van der Waals surface area contributed by atoms with Crippen LogP contribution in [0.5, 0.6) is 0 Å². The maximum Gasteiger partial charge on any atom is 0.313 e. The Bertz CT molecular complexity index is 62.3. The van der Waals surface area contributed by atoms with Crippen LogP contribution in [-0.2, 0) is 14.3 Å². The summed E-state index contributed by atoms with van der Waals surface area (Å²) < 4.78 is 9.09. The van der Waals surface area contributed by atoms with E-state index in [1.165, 1.54) is 20.6 Å².